The SMILES string of the molecule is COc1nc2c(C(=O)Nc3cc(F)c4nc(C)cn4c3)ccc(N3CCNCC3)c2s1. The zero-order valence-electron chi connectivity index (χ0n) is 17.1. The van der Waals surface area contributed by atoms with E-state index in [1.54, 1.807) is 36.9 Å². The van der Waals surface area contributed by atoms with Gasteiger partial charge < -0.3 is 24.7 Å². The molecule has 8 nitrogen and oxygen atoms in total. The van der Waals surface area contributed by atoms with Gasteiger partial charge in [0.25, 0.3) is 11.1 Å². The first-order valence-corrected chi connectivity index (χ1v) is 10.7. The molecule has 0 aliphatic carbocycles. The van der Waals surface area contributed by atoms with Crippen LogP contribution in [-0.2, 0) is 0 Å². The molecule has 3 aromatic heterocycles. The quantitative estimate of drug-likeness (QED) is 0.508. The van der Waals surface area contributed by atoms with Crippen molar-refractivity contribution in [2.45, 2.75) is 6.92 Å². The number of methoxy groups -OCH3 is 1. The Hall–Kier alpha value is -3.24. The second kappa shape index (κ2) is 7.78. The van der Waals surface area contributed by atoms with Gasteiger partial charge in [0.2, 0.25) is 0 Å². The van der Waals surface area contributed by atoms with Gasteiger partial charge in [-0.25, -0.2) is 14.4 Å². The van der Waals surface area contributed by atoms with Crippen LogP contribution in [0.1, 0.15) is 16.1 Å². The summed E-state index contributed by atoms with van der Waals surface area (Å²) in [6, 6.07) is 4.99. The van der Waals surface area contributed by atoms with E-state index in [2.05, 4.69) is 25.5 Å². The number of hydrogen-bond acceptors (Lipinski definition) is 7. The van der Waals surface area contributed by atoms with E-state index in [1.165, 1.54) is 17.4 Å². The van der Waals surface area contributed by atoms with E-state index >= 15 is 0 Å². The molecule has 1 fully saturated rings. The molecule has 31 heavy (non-hydrogen) atoms. The summed E-state index contributed by atoms with van der Waals surface area (Å²) in [6.07, 6.45) is 3.35. The maximum Gasteiger partial charge on any atom is 0.274 e. The molecule has 0 atom stereocenters. The molecule has 1 aliphatic heterocycles. The van der Waals surface area contributed by atoms with Gasteiger partial charge >= 0.3 is 0 Å². The summed E-state index contributed by atoms with van der Waals surface area (Å²) in [6.45, 7) is 5.36. The van der Waals surface area contributed by atoms with Crippen molar-refractivity contribution in [2.24, 2.45) is 0 Å². The Morgan fingerprint density at radius 1 is 1.26 bits per heavy atom. The first-order chi connectivity index (χ1) is 15.0. The van der Waals surface area contributed by atoms with Crippen LogP contribution in [0.5, 0.6) is 5.19 Å². The highest BCUT2D eigenvalue weighted by atomic mass is 32.1. The minimum absolute atomic E-state index is 0.225. The minimum Gasteiger partial charge on any atom is -0.473 e. The molecule has 1 aliphatic rings. The molecule has 4 aromatic rings. The molecule has 1 aromatic carbocycles. The van der Waals surface area contributed by atoms with Crippen LogP contribution in [0, 0.1) is 12.7 Å². The predicted molar refractivity (Wildman–Crippen MR) is 119 cm³/mol. The number of rotatable bonds is 4. The van der Waals surface area contributed by atoms with E-state index in [0.717, 1.165) is 36.6 Å². The van der Waals surface area contributed by atoms with Crippen molar-refractivity contribution >= 4 is 44.5 Å². The molecule has 10 heteroatoms. The number of nitrogens with zero attached hydrogens (tertiary/aromatic N) is 4. The van der Waals surface area contributed by atoms with Crippen molar-refractivity contribution in [1.82, 2.24) is 19.7 Å². The van der Waals surface area contributed by atoms with Crippen LogP contribution in [-0.4, -0.2) is 53.6 Å². The van der Waals surface area contributed by atoms with Gasteiger partial charge in [-0.3, -0.25) is 4.79 Å². The third-order valence-electron chi connectivity index (χ3n) is 5.26. The van der Waals surface area contributed by atoms with Crippen molar-refractivity contribution in [3.8, 4) is 5.19 Å². The third-order valence-corrected chi connectivity index (χ3v) is 6.30. The highest BCUT2D eigenvalue weighted by Gasteiger charge is 2.22. The van der Waals surface area contributed by atoms with Crippen LogP contribution in [0.25, 0.3) is 15.9 Å². The van der Waals surface area contributed by atoms with Crippen LogP contribution in [0.2, 0.25) is 0 Å². The fourth-order valence-corrected chi connectivity index (χ4v) is 4.79. The molecule has 1 amide bonds. The molecule has 0 unspecified atom stereocenters. The van der Waals surface area contributed by atoms with Gasteiger partial charge in [-0.15, -0.1) is 0 Å². The molecule has 160 valence electrons. The number of benzene rings is 1. The number of amides is 1. The van der Waals surface area contributed by atoms with Gasteiger partial charge in [0, 0.05) is 44.6 Å². The summed E-state index contributed by atoms with van der Waals surface area (Å²) < 4.78 is 22.2. The summed E-state index contributed by atoms with van der Waals surface area (Å²) in [5.41, 5.74) is 3.29. The van der Waals surface area contributed by atoms with Crippen LogP contribution in [0.3, 0.4) is 0 Å². The van der Waals surface area contributed by atoms with Crippen LogP contribution >= 0.6 is 11.3 Å². The van der Waals surface area contributed by atoms with Gasteiger partial charge in [-0.2, -0.15) is 0 Å². The zero-order valence-corrected chi connectivity index (χ0v) is 17.9. The maximum absolute atomic E-state index is 14.4. The predicted octanol–water partition coefficient (Wildman–Crippen LogP) is 3.06. The lowest BCUT2D eigenvalue weighted by Gasteiger charge is -2.29. The van der Waals surface area contributed by atoms with Crippen molar-refractivity contribution < 1.29 is 13.9 Å². The molecule has 5 rings (SSSR count). The topological polar surface area (TPSA) is 83.8 Å². The number of carbonyl (C=O) groups excluding carboxylic acids is 1. The van der Waals surface area contributed by atoms with Gasteiger partial charge in [-0.1, -0.05) is 11.3 Å². The van der Waals surface area contributed by atoms with Crippen molar-refractivity contribution in [3.63, 3.8) is 0 Å². The second-order valence-corrected chi connectivity index (χ2v) is 8.34. The van der Waals surface area contributed by atoms with E-state index < -0.39 is 5.82 Å². The number of halogens is 1. The van der Waals surface area contributed by atoms with E-state index in [-0.39, 0.29) is 11.6 Å². The number of aryl methyl sites for hydroxylation is 1. The van der Waals surface area contributed by atoms with Crippen molar-refractivity contribution in [1.29, 1.82) is 0 Å². The number of piperazine rings is 1. The summed E-state index contributed by atoms with van der Waals surface area (Å²) in [7, 11) is 1.56. The van der Waals surface area contributed by atoms with Gasteiger partial charge in [0.1, 0.15) is 5.52 Å². The lowest BCUT2D eigenvalue weighted by Crippen LogP contribution is -2.43. The molecule has 1 saturated heterocycles. The van der Waals surface area contributed by atoms with Gasteiger partial charge in [-0.05, 0) is 19.1 Å². The normalized spacial score (nSPS) is 14.4. The fraction of sp³-hybridized carbons (Fsp3) is 0.286. The number of anilines is 2. The molecule has 2 N–H and O–H groups in total. The third kappa shape index (κ3) is 3.57. The molecule has 4 heterocycles. The van der Waals surface area contributed by atoms with Crippen LogP contribution in [0.15, 0.2) is 30.6 Å². The molecule has 0 spiro atoms. The molecule has 0 saturated carbocycles. The Kier molecular flexibility index (Phi) is 4.95. The Labute approximate surface area is 181 Å². The Morgan fingerprint density at radius 2 is 2.06 bits per heavy atom. The van der Waals surface area contributed by atoms with Crippen LogP contribution in [0.4, 0.5) is 15.8 Å². The van der Waals surface area contributed by atoms with Gasteiger partial charge in [0.15, 0.2) is 11.5 Å². The lowest BCUT2D eigenvalue weighted by atomic mass is 10.1. The zero-order chi connectivity index (χ0) is 21.5. The standard InChI is InChI=1S/C21H21FN6O2S/c1-12-10-28-11-13(9-15(22)19(28)24-12)25-20(29)14-3-4-16(27-7-5-23-6-8-27)18-17(14)26-21(30-2)31-18/h3-4,9-11,23H,5-8H2,1-2H3,(H,25,29). The number of hydrogen-bond donors (Lipinski definition) is 2. The number of pyridine rings is 1. The number of imidazole rings is 1. The number of nitrogens with one attached hydrogen (secondary N) is 2. The Bertz CT molecular complexity index is 1290. The van der Waals surface area contributed by atoms with E-state index in [0.29, 0.717) is 27.7 Å². The highest BCUT2D eigenvalue weighted by Crippen LogP contribution is 2.37. The lowest BCUT2D eigenvalue weighted by molar-refractivity contribution is 0.102. The monoisotopic (exact) mass is 440 g/mol. The van der Waals surface area contributed by atoms with Crippen molar-refractivity contribution in [3.05, 3.63) is 47.7 Å². The van der Waals surface area contributed by atoms with E-state index in [4.69, 9.17) is 4.74 Å². The Morgan fingerprint density at radius 3 is 2.84 bits per heavy atom. The molecule has 0 radical (unpaired) electrons. The average molecular weight is 441 g/mol. The first kappa shape index (κ1) is 19.7. The summed E-state index contributed by atoms with van der Waals surface area (Å²) >= 11 is 1.41. The summed E-state index contributed by atoms with van der Waals surface area (Å²) in [5, 5.41) is 6.63. The number of carbonyl (C=O) groups is 1. The fourth-order valence-electron chi connectivity index (χ4n) is 3.85. The molecular formula is C21H21FN6O2S. The smallest absolute Gasteiger partial charge is 0.274 e. The first-order valence-electron chi connectivity index (χ1n) is 9.93. The molecule has 0 bridgehead atoms. The largest absolute Gasteiger partial charge is 0.473 e. The van der Waals surface area contributed by atoms with E-state index in [9.17, 15) is 9.18 Å². The Balaban J connectivity index is 1.52. The number of ether oxygens (including phenoxy) is 1. The second-order valence-electron chi connectivity index (χ2n) is 7.37. The summed E-state index contributed by atoms with van der Waals surface area (Å²) in [4.78, 5) is 24.1. The van der Waals surface area contributed by atoms with Gasteiger partial charge in [0.05, 0.1) is 34.4 Å². The number of thiazole rings is 1. The van der Waals surface area contributed by atoms with Crippen LogP contribution < -0.4 is 20.3 Å². The highest BCUT2D eigenvalue weighted by molar-refractivity contribution is 7.21. The van der Waals surface area contributed by atoms with E-state index in [1.807, 2.05) is 6.07 Å². The van der Waals surface area contributed by atoms with Crippen molar-refractivity contribution in [2.75, 3.05) is 43.5 Å². The minimum atomic E-state index is -0.500. The average Bonchev–Trinajstić information content (AvgIpc) is 3.37. The number of fused-ring (bicyclic) bond motifs is 2. The number of aromatic nitrogens is 3. The summed E-state index contributed by atoms with van der Waals surface area (Å²) in [5.74, 6) is -0.860. The molecular weight excluding hydrogens is 419 g/mol. The maximum atomic E-state index is 14.4.